The summed E-state index contributed by atoms with van der Waals surface area (Å²) >= 11 is 6.76. The van der Waals surface area contributed by atoms with E-state index in [0.717, 1.165) is 15.8 Å². The maximum absolute atomic E-state index is 11.5. The van der Waals surface area contributed by atoms with Gasteiger partial charge in [-0.15, -0.1) is 0 Å². The van der Waals surface area contributed by atoms with Crippen LogP contribution in [0.4, 0.5) is 0 Å². The summed E-state index contributed by atoms with van der Waals surface area (Å²) in [6.07, 6.45) is 0.646. The first kappa shape index (κ1) is 16.0. The maximum Gasteiger partial charge on any atom is 0.153 e. The fraction of sp³-hybridized carbons (Fsp3) is 0.500. The van der Waals surface area contributed by atoms with Crippen molar-refractivity contribution in [3.05, 3.63) is 28.2 Å². The average molecular weight is 400 g/mol. The summed E-state index contributed by atoms with van der Waals surface area (Å²) in [6, 6.07) is 5.67. The van der Waals surface area contributed by atoms with Crippen molar-refractivity contribution >= 4 is 41.7 Å². The topological polar surface area (TPSA) is 43.4 Å². The summed E-state index contributed by atoms with van der Waals surface area (Å²) in [5.41, 5.74) is 0.997. The maximum atomic E-state index is 11.5. The molecule has 1 aromatic rings. The number of halogens is 2. The number of alkyl halides is 1. The van der Waals surface area contributed by atoms with Gasteiger partial charge < -0.3 is 4.74 Å². The van der Waals surface area contributed by atoms with Crippen molar-refractivity contribution in [2.75, 3.05) is 18.1 Å². The van der Waals surface area contributed by atoms with Crippen molar-refractivity contribution in [3.8, 4) is 5.75 Å². The van der Waals surface area contributed by atoms with E-state index in [1.54, 1.807) is 0 Å². The molecule has 0 saturated carbocycles. The summed E-state index contributed by atoms with van der Waals surface area (Å²) in [5.74, 6) is 1.02. The number of ether oxygens (including phenoxy) is 1. The van der Waals surface area contributed by atoms with Crippen LogP contribution in [-0.2, 0) is 15.2 Å². The Kier molecular flexibility index (Phi) is 6.66. The Morgan fingerprint density at radius 2 is 2.00 bits per heavy atom. The highest BCUT2D eigenvalue weighted by Gasteiger charge is 2.10. The quantitative estimate of drug-likeness (QED) is 0.658. The van der Waals surface area contributed by atoms with Crippen molar-refractivity contribution in [1.29, 1.82) is 0 Å². The molecule has 1 rings (SSSR count). The minimum absolute atomic E-state index is 0.0681. The summed E-state index contributed by atoms with van der Waals surface area (Å²) < 4.78 is 29.6. The van der Waals surface area contributed by atoms with Crippen molar-refractivity contribution in [2.24, 2.45) is 0 Å². The van der Waals surface area contributed by atoms with Gasteiger partial charge in [0.2, 0.25) is 0 Å². The van der Waals surface area contributed by atoms with Crippen molar-refractivity contribution in [3.63, 3.8) is 0 Å². The lowest BCUT2D eigenvalue weighted by Crippen LogP contribution is -2.17. The Morgan fingerprint density at radius 1 is 1.28 bits per heavy atom. The fourth-order valence-corrected chi connectivity index (χ4v) is 3.50. The van der Waals surface area contributed by atoms with Crippen LogP contribution in [0.25, 0.3) is 0 Å². The lowest BCUT2D eigenvalue weighted by Gasteiger charge is -2.10. The third kappa shape index (κ3) is 5.28. The molecule has 1 aromatic carbocycles. The van der Waals surface area contributed by atoms with Crippen LogP contribution in [0.3, 0.4) is 0 Å². The van der Waals surface area contributed by atoms with Crippen LogP contribution in [-0.4, -0.2) is 26.5 Å². The molecule has 0 fully saturated rings. The molecular formula is C12H16Br2O3S. The number of benzene rings is 1. The molecule has 0 N–H and O–H groups in total. The van der Waals surface area contributed by atoms with Crippen LogP contribution >= 0.6 is 31.9 Å². The van der Waals surface area contributed by atoms with Gasteiger partial charge in [-0.05, 0) is 24.6 Å². The van der Waals surface area contributed by atoms with Gasteiger partial charge >= 0.3 is 0 Å². The third-order valence-electron chi connectivity index (χ3n) is 2.33. The molecule has 0 amide bonds. The Morgan fingerprint density at radius 3 is 2.61 bits per heavy atom. The van der Waals surface area contributed by atoms with E-state index in [1.807, 2.05) is 25.1 Å². The summed E-state index contributed by atoms with van der Waals surface area (Å²) in [5, 5.41) is 0.670. The SMILES string of the molecule is CCCS(=O)(=O)CCOc1ccc(Br)cc1CBr. The first-order chi connectivity index (χ1) is 8.48. The van der Waals surface area contributed by atoms with E-state index < -0.39 is 9.84 Å². The molecule has 18 heavy (non-hydrogen) atoms. The molecule has 0 radical (unpaired) electrons. The van der Waals surface area contributed by atoms with Gasteiger partial charge in [-0.25, -0.2) is 8.42 Å². The van der Waals surface area contributed by atoms with Gasteiger partial charge in [0.15, 0.2) is 9.84 Å². The molecule has 0 aromatic heterocycles. The Hall–Kier alpha value is -0.0700. The molecule has 0 atom stereocenters. The second kappa shape index (κ2) is 7.50. The molecule has 0 heterocycles. The Balaban J connectivity index is 2.59. The van der Waals surface area contributed by atoms with Gasteiger partial charge in [0, 0.05) is 15.4 Å². The zero-order chi connectivity index (χ0) is 13.6. The average Bonchev–Trinajstić information content (AvgIpc) is 2.30. The molecule has 0 aliphatic carbocycles. The van der Waals surface area contributed by atoms with Gasteiger partial charge in [-0.2, -0.15) is 0 Å². The number of sulfone groups is 1. The molecule has 0 bridgehead atoms. The van der Waals surface area contributed by atoms with E-state index >= 15 is 0 Å². The monoisotopic (exact) mass is 398 g/mol. The van der Waals surface area contributed by atoms with Crippen LogP contribution < -0.4 is 4.74 Å². The van der Waals surface area contributed by atoms with Gasteiger partial charge in [0.25, 0.3) is 0 Å². The van der Waals surface area contributed by atoms with E-state index in [1.165, 1.54) is 0 Å². The molecule has 3 nitrogen and oxygen atoms in total. The normalized spacial score (nSPS) is 11.5. The van der Waals surface area contributed by atoms with Crippen LogP contribution in [0, 0.1) is 0 Å². The molecule has 0 aliphatic rings. The molecule has 0 aliphatic heterocycles. The molecule has 0 unspecified atom stereocenters. The van der Waals surface area contributed by atoms with Crippen LogP contribution in [0.2, 0.25) is 0 Å². The zero-order valence-electron chi connectivity index (χ0n) is 10.2. The third-order valence-corrected chi connectivity index (χ3v) is 5.25. The van der Waals surface area contributed by atoms with Crippen LogP contribution in [0.1, 0.15) is 18.9 Å². The lowest BCUT2D eigenvalue weighted by molar-refractivity contribution is 0.338. The Labute approximate surface area is 125 Å². The summed E-state index contributed by atoms with van der Waals surface area (Å²) in [6.45, 7) is 2.06. The van der Waals surface area contributed by atoms with Crippen molar-refractivity contribution in [2.45, 2.75) is 18.7 Å². The van der Waals surface area contributed by atoms with Gasteiger partial charge in [-0.1, -0.05) is 38.8 Å². The molecule has 0 spiro atoms. The highest BCUT2D eigenvalue weighted by molar-refractivity contribution is 9.10. The minimum Gasteiger partial charge on any atom is -0.492 e. The number of hydrogen-bond acceptors (Lipinski definition) is 3. The first-order valence-corrected chi connectivity index (χ1v) is 9.39. The predicted octanol–water partition coefficient (Wildman–Crippen LogP) is 3.55. The van der Waals surface area contributed by atoms with Crippen LogP contribution in [0.5, 0.6) is 5.75 Å². The predicted molar refractivity (Wildman–Crippen MR) is 81.2 cm³/mol. The lowest BCUT2D eigenvalue weighted by atomic mass is 10.2. The smallest absolute Gasteiger partial charge is 0.153 e. The van der Waals surface area contributed by atoms with Crippen molar-refractivity contribution in [1.82, 2.24) is 0 Å². The van der Waals surface area contributed by atoms with E-state index in [0.29, 0.717) is 11.8 Å². The first-order valence-electron chi connectivity index (χ1n) is 5.66. The molecule has 102 valence electrons. The van der Waals surface area contributed by atoms with Crippen molar-refractivity contribution < 1.29 is 13.2 Å². The summed E-state index contributed by atoms with van der Waals surface area (Å²) in [4.78, 5) is 0. The largest absolute Gasteiger partial charge is 0.492 e. The number of rotatable bonds is 7. The minimum atomic E-state index is -2.98. The van der Waals surface area contributed by atoms with Gasteiger partial charge in [0.1, 0.15) is 12.4 Å². The molecular weight excluding hydrogens is 384 g/mol. The standard InChI is InChI=1S/C12H16Br2O3S/c1-2-6-18(15,16)7-5-17-12-4-3-11(14)8-10(12)9-13/h3-4,8H,2,5-7,9H2,1H3. The van der Waals surface area contributed by atoms with Crippen LogP contribution in [0.15, 0.2) is 22.7 Å². The molecule has 0 saturated heterocycles. The van der Waals surface area contributed by atoms with Gasteiger partial charge in [0.05, 0.1) is 11.5 Å². The fourth-order valence-electron chi connectivity index (χ4n) is 1.48. The highest BCUT2D eigenvalue weighted by atomic mass is 79.9. The molecule has 6 heteroatoms. The highest BCUT2D eigenvalue weighted by Crippen LogP contribution is 2.25. The Bertz CT molecular complexity index is 486. The van der Waals surface area contributed by atoms with E-state index in [2.05, 4.69) is 31.9 Å². The zero-order valence-corrected chi connectivity index (χ0v) is 14.1. The van der Waals surface area contributed by atoms with E-state index in [4.69, 9.17) is 4.74 Å². The van der Waals surface area contributed by atoms with Gasteiger partial charge in [-0.3, -0.25) is 0 Å². The summed E-state index contributed by atoms with van der Waals surface area (Å²) in [7, 11) is -2.98. The second-order valence-electron chi connectivity index (χ2n) is 3.89. The van der Waals surface area contributed by atoms with E-state index in [-0.39, 0.29) is 18.1 Å². The van der Waals surface area contributed by atoms with E-state index in [9.17, 15) is 8.42 Å². The number of hydrogen-bond donors (Lipinski definition) is 0. The second-order valence-corrected chi connectivity index (χ2v) is 7.67.